The summed E-state index contributed by atoms with van der Waals surface area (Å²) in [5.74, 6) is 0.102. The van der Waals surface area contributed by atoms with E-state index in [-0.39, 0.29) is 11.3 Å². The summed E-state index contributed by atoms with van der Waals surface area (Å²) < 4.78 is 5.27. The van der Waals surface area contributed by atoms with E-state index in [0.29, 0.717) is 18.7 Å². The van der Waals surface area contributed by atoms with Crippen molar-refractivity contribution in [3.05, 3.63) is 24.2 Å². The second-order valence-electron chi connectivity index (χ2n) is 5.76. The van der Waals surface area contributed by atoms with E-state index in [4.69, 9.17) is 9.68 Å². The number of carbonyl (C=O) groups excluding carboxylic acids is 2. The van der Waals surface area contributed by atoms with Crippen molar-refractivity contribution >= 4 is 11.9 Å². The van der Waals surface area contributed by atoms with Crippen LogP contribution in [0, 0.1) is 16.7 Å². The Morgan fingerprint density at radius 3 is 2.80 bits per heavy atom. The molecule has 20 heavy (non-hydrogen) atoms. The number of urea groups is 1. The quantitative estimate of drug-likeness (QED) is 0.846. The van der Waals surface area contributed by atoms with Gasteiger partial charge in [-0.2, -0.15) is 5.26 Å². The third-order valence-electron chi connectivity index (χ3n) is 4.19. The van der Waals surface area contributed by atoms with Crippen LogP contribution in [0.1, 0.15) is 31.9 Å². The fraction of sp³-hybridized carbons (Fsp3) is 0.500. The van der Waals surface area contributed by atoms with Gasteiger partial charge in [-0.05, 0) is 31.9 Å². The Balaban J connectivity index is 1.83. The summed E-state index contributed by atoms with van der Waals surface area (Å²) in [5.41, 5.74) is -1.35. The fourth-order valence-corrected chi connectivity index (χ4v) is 2.64. The first-order valence-electron chi connectivity index (χ1n) is 6.56. The van der Waals surface area contributed by atoms with Crippen LogP contribution in [0.4, 0.5) is 4.79 Å². The lowest BCUT2D eigenvalue weighted by Crippen LogP contribution is -2.41. The Morgan fingerprint density at radius 2 is 2.25 bits per heavy atom. The summed E-state index contributed by atoms with van der Waals surface area (Å²) >= 11 is 0. The maximum absolute atomic E-state index is 12.5. The Morgan fingerprint density at radius 1 is 1.50 bits per heavy atom. The summed E-state index contributed by atoms with van der Waals surface area (Å²) in [4.78, 5) is 25.8. The van der Waals surface area contributed by atoms with E-state index in [1.807, 2.05) is 0 Å². The van der Waals surface area contributed by atoms with Crippen LogP contribution in [-0.2, 0) is 10.3 Å². The first-order valence-corrected chi connectivity index (χ1v) is 6.56. The highest BCUT2D eigenvalue weighted by Crippen LogP contribution is 2.50. The van der Waals surface area contributed by atoms with Gasteiger partial charge in [0.2, 0.25) is 0 Å². The number of imide groups is 1. The summed E-state index contributed by atoms with van der Waals surface area (Å²) in [6.45, 7) is 1.94. The van der Waals surface area contributed by atoms with E-state index in [1.165, 1.54) is 11.2 Å². The average molecular weight is 273 g/mol. The molecule has 1 saturated heterocycles. The Bertz CT molecular complexity index is 598. The second kappa shape index (κ2) is 4.10. The van der Waals surface area contributed by atoms with Gasteiger partial charge in [-0.15, -0.1) is 0 Å². The van der Waals surface area contributed by atoms with Crippen molar-refractivity contribution in [1.29, 1.82) is 5.26 Å². The van der Waals surface area contributed by atoms with Gasteiger partial charge in [0.15, 0.2) is 5.54 Å². The van der Waals surface area contributed by atoms with Gasteiger partial charge in [0.25, 0.3) is 5.91 Å². The Hall–Kier alpha value is -2.29. The number of nitriles is 1. The molecule has 0 spiro atoms. The first kappa shape index (κ1) is 12.7. The van der Waals surface area contributed by atoms with Crippen LogP contribution in [-0.4, -0.2) is 23.4 Å². The van der Waals surface area contributed by atoms with Gasteiger partial charge in [0.1, 0.15) is 5.76 Å². The molecule has 0 bridgehead atoms. The number of hydrogen-bond acceptors (Lipinski definition) is 4. The molecule has 104 valence electrons. The van der Waals surface area contributed by atoms with Crippen molar-refractivity contribution < 1.29 is 14.0 Å². The van der Waals surface area contributed by atoms with Gasteiger partial charge in [-0.3, -0.25) is 9.69 Å². The van der Waals surface area contributed by atoms with Crippen LogP contribution in [0.25, 0.3) is 0 Å². The average Bonchev–Trinajstić information content (AvgIpc) is 2.87. The first-order chi connectivity index (χ1) is 9.51. The molecule has 1 unspecified atom stereocenters. The van der Waals surface area contributed by atoms with Crippen LogP contribution < -0.4 is 5.32 Å². The smallest absolute Gasteiger partial charge is 0.325 e. The summed E-state index contributed by atoms with van der Waals surface area (Å²) in [6.07, 6.45) is 3.62. The molecule has 1 aliphatic carbocycles. The molecule has 2 heterocycles. The normalized spacial score (nSPS) is 27.3. The van der Waals surface area contributed by atoms with Gasteiger partial charge >= 0.3 is 6.03 Å². The zero-order valence-electron chi connectivity index (χ0n) is 11.2. The molecule has 1 saturated carbocycles. The van der Waals surface area contributed by atoms with E-state index >= 15 is 0 Å². The van der Waals surface area contributed by atoms with Crippen molar-refractivity contribution in [2.45, 2.75) is 31.7 Å². The highest BCUT2D eigenvalue weighted by Gasteiger charge is 2.55. The zero-order valence-corrected chi connectivity index (χ0v) is 11.2. The topological polar surface area (TPSA) is 86.3 Å². The third kappa shape index (κ3) is 1.78. The maximum atomic E-state index is 12.5. The highest BCUT2D eigenvalue weighted by molar-refractivity contribution is 6.06. The van der Waals surface area contributed by atoms with Gasteiger partial charge < -0.3 is 9.73 Å². The van der Waals surface area contributed by atoms with Crippen LogP contribution in [0.2, 0.25) is 0 Å². The maximum Gasteiger partial charge on any atom is 0.325 e. The lowest BCUT2D eigenvalue weighted by Gasteiger charge is -2.21. The van der Waals surface area contributed by atoms with Crippen LogP contribution in [0.15, 0.2) is 22.8 Å². The minimum atomic E-state index is -1.15. The van der Waals surface area contributed by atoms with Gasteiger partial charge in [-0.25, -0.2) is 4.79 Å². The van der Waals surface area contributed by atoms with Crippen molar-refractivity contribution in [2.24, 2.45) is 5.41 Å². The number of furan rings is 1. The number of carbonyl (C=O) groups is 2. The van der Waals surface area contributed by atoms with Gasteiger partial charge in [0.05, 0.1) is 12.3 Å². The standard InChI is InChI=1S/C14H15N3O3/c1-13(10-3-2-8-20-10)11(18)17(12(19)16-13)9-14(4-5-14)6-7-15/h2-3,8H,4-6,9H2,1H3,(H,16,19). The molecule has 3 amide bonds. The molecule has 1 N–H and O–H groups in total. The van der Waals surface area contributed by atoms with E-state index in [0.717, 1.165) is 12.8 Å². The van der Waals surface area contributed by atoms with Gasteiger partial charge in [-0.1, -0.05) is 0 Å². The third-order valence-corrected chi connectivity index (χ3v) is 4.19. The lowest BCUT2D eigenvalue weighted by atomic mass is 9.98. The van der Waals surface area contributed by atoms with Gasteiger partial charge in [0, 0.05) is 18.4 Å². The van der Waals surface area contributed by atoms with Crippen LogP contribution in [0.5, 0.6) is 0 Å². The molecule has 0 aromatic carbocycles. The molecule has 1 atom stereocenters. The largest absolute Gasteiger partial charge is 0.466 e. The molecular formula is C14H15N3O3. The minimum absolute atomic E-state index is 0.198. The molecule has 1 aliphatic heterocycles. The Kier molecular flexibility index (Phi) is 2.61. The van der Waals surface area contributed by atoms with Crippen molar-refractivity contribution in [1.82, 2.24) is 10.2 Å². The molecule has 6 heteroatoms. The number of rotatable bonds is 4. The number of hydrogen-bond donors (Lipinski definition) is 1. The monoisotopic (exact) mass is 273 g/mol. The molecule has 2 aliphatic rings. The Labute approximate surface area is 116 Å². The molecule has 0 radical (unpaired) electrons. The lowest BCUT2D eigenvalue weighted by molar-refractivity contribution is -0.132. The fourth-order valence-electron chi connectivity index (χ4n) is 2.64. The molecule has 1 aromatic rings. The van der Waals surface area contributed by atoms with Crippen LogP contribution >= 0.6 is 0 Å². The van der Waals surface area contributed by atoms with Crippen molar-refractivity contribution in [3.63, 3.8) is 0 Å². The zero-order chi connectivity index (χ0) is 14.4. The molecule has 1 aromatic heterocycles. The molecule has 6 nitrogen and oxygen atoms in total. The predicted octanol–water partition coefficient (Wildman–Crippen LogP) is 1.74. The second-order valence-corrected chi connectivity index (χ2v) is 5.76. The summed E-state index contributed by atoms with van der Waals surface area (Å²) in [6, 6.07) is 5.07. The van der Waals surface area contributed by atoms with E-state index < -0.39 is 11.6 Å². The SMILES string of the molecule is CC1(c2ccco2)NC(=O)N(CC2(CC#N)CC2)C1=O. The molecule has 2 fully saturated rings. The van der Waals surface area contributed by atoms with E-state index in [2.05, 4.69) is 11.4 Å². The van der Waals surface area contributed by atoms with E-state index in [9.17, 15) is 9.59 Å². The van der Waals surface area contributed by atoms with E-state index in [1.54, 1.807) is 19.1 Å². The molecular weight excluding hydrogens is 258 g/mol. The van der Waals surface area contributed by atoms with Crippen molar-refractivity contribution in [2.75, 3.05) is 6.54 Å². The predicted molar refractivity (Wildman–Crippen MR) is 68.2 cm³/mol. The van der Waals surface area contributed by atoms with Crippen LogP contribution in [0.3, 0.4) is 0 Å². The summed E-state index contributed by atoms with van der Waals surface area (Å²) in [5, 5.41) is 11.5. The van der Waals surface area contributed by atoms with Crippen molar-refractivity contribution in [3.8, 4) is 6.07 Å². The number of nitrogens with one attached hydrogen (secondary N) is 1. The minimum Gasteiger partial charge on any atom is -0.466 e. The summed E-state index contributed by atoms with van der Waals surface area (Å²) in [7, 11) is 0. The molecule has 3 rings (SSSR count). The highest BCUT2D eigenvalue weighted by atomic mass is 16.3. The number of nitrogens with zero attached hydrogens (tertiary/aromatic N) is 2. The number of amides is 3.